The lowest BCUT2D eigenvalue weighted by atomic mass is 10.1. The first-order chi connectivity index (χ1) is 12.6. The van der Waals surface area contributed by atoms with Gasteiger partial charge in [0.05, 0.1) is 5.75 Å². The van der Waals surface area contributed by atoms with Gasteiger partial charge in [0.2, 0.25) is 10.1 Å². The van der Waals surface area contributed by atoms with Crippen LogP contribution in [0.3, 0.4) is 0 Å². The van der Waals surface area contributed by atoms with E-state index in [4.69, 9.17) is 0 Å². The molecule has 3 rings (SSSR count). The van der Waals surface area contributed by atoms with E-state index >= 15 is 0 Å². The first kappa shape index (κ1) is 18.7. The van der Waals surface area contributed by atoms with Gasteiger partial charge in [0.25, 0.3) is 5.91 Å². The maximum Gasteiger partial charge on any atom is 0.282 e. The Bertz CT molecular complexity index is 861. The van der Waals surface area contributed by atoms with Gasteiger partial charge in [0.1, 0.15) is 5.01 Å². The first-order valence-electron chi connectivity index (χ1n) is 8.00. The molecule has 0 unspecified atom stereocenters. The number of aromatic nitrogens is 4. The number of amides is 1. The van der Waals surface area contributed by atoms with Crippen molar-refractivity contribution in [3.05, 3.63) is 45.4 Å². The van der Waals surface area contributed by atoms with Crippen LogP contribution in [-0.2, 0) is 12.3 Å². The van der Waals surface area contributed by atoms with Crippen LogP contribution in [0.25, 0.3) is 0 Å². The van der Waals surface area contributed by atoms with Gasteiger partial charge < -0.3 is 10.6 Å². The molecule has 2 aromatic heterocycles. The number of nitrogens with one attached hydrogen (secondary N) is 2. The SMILES string of the molecule is CCNc1nnc(SCc2nnc(C(=O)NCc3ccc(C)cc3)s2)s1. The quantitative estimate of drug-likeness (QED) is 0.554. The van der Waals surface area contributed by atoms with Crippen LogP contribution < -0.4 is 10.6 Å². The third-order valence-electron chi connectivity index (χ3n) is 3.29. The van der Waals surface area contributed by atoms with Gasteiger partial charge >= 0.3 is 0 Å². The molecule has 1 amide bonds. The van der Waals surface area contributed by atoms with E-state index in [1.54, 1.807) is 0 Å². The number of hydrogen-bond donors (Lipinski definition) is 2. The van der Waals surface area contributed by atoms with Crippen molar-refractivity contribution in [1.82, 2.24) is 25.7 Å². The van der Waals surface area contributed by atoms with Gasteiger partial charge in [0, 0.05) is 13.1 Å². The molecule has 0 spiro atoms. The molecule has 0 saturated carbocycles. The van der Waals surface area contributed by atoms with Crippen LogP contribution in [0.5, 0.6) is 0 Å². The van der Waals surface area contributed by atoms with E-state index in [1.807, 2.05) is 38.1 Å². The predicted octanol–water partition coefficient (Wildman–Crippen LogP) is 3.35. The lowest BCUT2D eigenvalue weighted by Crippen LogP contribution is -2.22. The molecule has 0 aliphatic carbocycles. The molecular formula is C16H18N6OS3. The fraction of sp³-hybridized carbons (Fsp3) is 0.312. The highest BCUT2D eigenvalue weighted by atomic mass is 32.2. The van der Waals surface area contributed by atoms with Crippen molar-refractivity contribution in [3.8, 4) is 0 Å². The number of thioether (sulfide) groups is 1. The summed E-state index contributed by atoms with van der Waals surface area (Å²) in [6, 6.07) is 8.05. The molecule has 0 aliphatic rings. The Morgan fingerprint density at radius 1 is 1.12 bits per heavy atom. The number of nitrogens with zero attached hydrogens (tertiary/aromatic N) is 4. The molecule has 7 nitrogen and oxygen atoms in total. The summed E-state index contributed by atoms with van der Waals surface area (Å²) in [5.41, 5.74) is 2.25. The third-order valence-corrected chi connectivity index (χ3v) is 6.42. The summed E-state index contributed by atoms with van der Waals surface area (Å²) in [6.07, 6.45) is 0. The number of carbonyl (C=O) groups is 1. The monoisotopic (exact) mass is 406 g/mol. The summed E-state index contributed by atoms with van der Waals surface area (Å²) >= 11 is 4.34. The average Bonchev–Trinajstić information content (AvgIpc) is 3.29. The second-order valence-corrected chi connectivity index (χ2v) is 8.62. The molecule has 3 aromatic rings. The summed E-state index contributed by atoms with van der Waals surface area (Å²) < 4.78 is 0.863. The van der Waals surface area contributed by atoms with Crippen LogP contribution in [0.2, 0.25) is 0 Å². The lowest BCUT2D eigenvalue weighted by Gasteiger charge is -2.03. The van der Waals surface area contributed by atoms with Crippen molar-refractivity contribution in [3.63, 3.8) is 0 Å². The van der Waals surface area contributed by atoms with Crippen molar-refractivity contribution in [2.75, 3.05) is 11.9 Å². The van der Waals surface area contributed by atoms with E-state index in [0.29, 0.717) is 17.3 Å². The normalized spacial score (nSPS) is 10.7. The number of carbonyl (C=O) groups excluding carboxylic acids is 1. The van der Waals surface area contributed by atoms with Crippen molar-refractivity contribution in [2.45, 2.75) is 30.5 Å². The zero-order chi connectivity index (χ0) is 18.4. The smallest absolute Gasteiger partial charge is 0.282 e. The molecule has 0 atom stereocenters. The van der Waals surface area contributed by atoms with Gasteiger partial charge in [-0.15, -0.1) is 20.4 Å². The summed E-state index contributed by atoms with van der Waals surface area (Å²) in [4.78, 5) is 12.2. The lowest BCUT2D eigenvalue weighted by molar-refractivity contribution is 0.0950. The van der Waals surface area contributed by atoms with E-state index in [9.17, 15) is 4.79 Å². The Labute approximate surface area is 163 Å². The Balaban J connectivity index is 1.49. The topological polar surface area (TPSA) is 92.7 Å². The van der Waals surface area contributed by atoms with Crippen molar-refractivity contribution >= 4 is 45.5 Å². The Morgan fingerprint density at radius 2 is 1.92 bits per heavy atom. The van der Waals surface area contributed by atoms with Gasteiger partial charge in [-0.1, -0.05) is 64.3 Å². The van der Waals surface area contributed by atoms with Crippen LogP contribution in [-0.4, -0.2) is 32.8 Å². The molecule has 0 fully saturated rings. The molecule has 10 heteroatoms. The Kier molecular flexibility index (Phi) is 6.53. The van der Waals surface area contributed by atoms with E-state index in [0.717, 1.165) is 26.6 Å². The summed E-state index contributed by atoms with van der Waals surface area (Å²) in [7, 11) is 0. The highest BCUT2D eigenvalue weighted by Gasteiger charge is 2.13. The highest BCUT2D eigenvalue weighted by Crippen LogP contribution is 2.29. The van der Waals surface area contributed by atoms with Gasteiger partial charge in [-0.3, -0.25) is 4.79 Å². The molecule has 0 aliphatic heterocycles. The number of anilines is 1. The second kappa shape index (κ2) is 9.06. The van der Waals surface area contributed by atoms with Crippen LogP contribution >= 0.6 is 34.4 Å². The van der Waals surface area contributed by atoms with Crippen LogP contribution in [0.1, 0.15) is 32.9 Å². The van der Waals surface area contributed by atoms with Crippen LogP contribution in [0.15, 0.2) is 28.6 Å². The third kappa shape index (κ3) is 5.23. The molecule has 2 heterocycles. The fourth-order valence-electron chi connectivity index (χ4n) is 1.98. The van der Waals surface area contributed by atoms with Crippen molar-refractivity contribution in [1.29, 1.82) is 0 Å². The van der Waals surface area contributed by atoms with E-state index in [1.165, 1.54) is 40.0 Å². The van der Waals surface area contributed by atoms with Crippen LogP contribution in [0, 0.1) is 6.92 Å². The molecule has 0 saturated heterocycles. The number of benzene rings is 1. The molecule has 26 heavy (non-hydrogen) atoms. The molecular weight excluding hydrogens is 388 g/mol. The summed E-state index contributed by atoms with van der Waals surface area (Å²) in [5, 5.41) is 24.2. The van der Waals surface area contributed by atoms with Gasteiger partial charge in [0.15, 0.2) is 4.34 Å². The molecule has 0 bridgehead atoms. The minimum absolute atomic E-state index is 0.204. The first-order valence-corrected chi connectivity index (χ1v) is 10.6. The highest BCUT2D eigenvalue weighted by molar-refractivity contribution is 8.00. The fourth-order valence-corrected chi connectivity index (χ4v) is 4.54. The standard InChI is InChI=1S/C16H18N6OS3/c1-3-17-15-21-22-16(26-15)24-9-12-19-20-14(25-12)13(23)18-8-11-6-4-10(2)5-7-11/h4-7H,3,8-9H2,1-2H3,(H,17,21)(H,18,23). The molecule has 136 valence electrons. The number of hydrogen-bond acceptors (Lipinski definition) is 9. The van der Waals surface area contributed by atoms with Crippen molar-refractivity contribution < 1.29 is 4.79 Å². The summed E-state index contributed by atoms with van der Waals surface area (Å²) in [5.74, 6) is 0.411. The van der Waals surface area contributed by atoms with E-state index in [-0.39, 0.29) is 5.91 Å². The average molecular weight is 407 g/mol. The Morgan fingerprint density at radius 3 is 2.69 bits per heavy atom. The minimum Gasteiger partial charge on any atom is -0.360 e. The zero-order valence-electron chi connectivity index (χ0n) is 14.4. The maximum absolute atomic E-state index is 12.2. The van der Waals surface area contributed by atoms with Crippen LogP contribution in [0.4, 0.5) is 5.13 Å². The number of rotatable bonds is 8. The summed E-state index contributed by atoms with van der Waals surface area (Å²) in [6.45, 7) is 5.34. The van der Waals surface area contributed by atoms with E-state index in [2.05, 4.69) is 31.0 Å². The maximum atomic E-state index is 12.2. The predicted molar refractivity (Wildman–Crippen MR) is 106 cm³/mol. The zero-order valence-corrected chi connectivity index (χ0v) is 16.8. The van der Waals surface area contributed by atoms with Gasteiger partial charge in [-0.25, -0.2) is 0 Å². The molecule has 2 N–H and O–H groups in total. The second-order valence-electron chi connectivity index (χ2n) is 5.36. The minimum atomic E-state index is -0.204. The van der Waals surface area contributed by atoms with E-state index < -0.39 is 0 Å². The molecule has 1 aromatic carbocycles. The van der Waals surface area contributed by atoms with Crippen molar-refractivity contribution in [2.24, 2.45) is 0 Å². The largest absolute Gasteiger partial charge is 0.360 e. The van der Waals surface area contributed by atoms with Gasteiger partial charge in [-0.05, 0) is 19.4 Å². The Hall–Kier alpha value is -2.04. The number of aryl methyl sites for hydroxylation is 1. The molecule has 0 radical (unpaired) electrons. The van der Waals surface area contributed by atoms with Gasteiger partial charge in [-0.2, -0.15) is 0 Å².